The first-order valence-corrected chi connectivity index (χ1v) is 9.91. The third-order valence-corrected chi connectivity index (χ3v) is 6.00. The molecule has 1 atom stereocenters. The molecular weight excluding hydrogens is 449 g/mol. The van der Waals surface area contributed by atoms with Crippen LogP contribution >= 0.6 is 35.0 Å². The molecule has 0 radical (unpaired) electrons. The van der Waals surface area contributed by atoms with Crippen LogP contribution in [0.5, 0.6) is 0 Å². The summed E-state index contributed by atoms with van der Waals surface area (Å²) >= 11 is 13.3. The Hall–Kier alpha value is -1.91. The van der Waals surface area contributed by atoms with Gasteiger partial charge in [0.2, 0.25) is 0 Å². The minimum Gasteiger partial charge on any atom is -0.394 e. The Morgan fingerprint density at radius 3 is 2.52 bits per heavy atom. The Morgan fingerprint density at radius 2 is 1.86 bits per heavy atom. The summed E-state index contributed by atoms with van der Waals surface area (Å²) in [6.45, 7) is -0.287. The summed E-state index contributed by atoms with van der Waals surface area (Å²) in [5.74, 6) is -1.67. The van der Waals surface area contributed by atoms with E-state index in [1.807, 2.05) is 0 Å². The number of thioether (sulfide) groups is 1. The predicted molar refractivity (Wildman–Crippen MR) is 109 cm³/mol. The summed E-state index contributed by atoms with van der Waals surface area (Å²) in [6.07, 6.45) is -0.572. The zero-order chi connectivity index (χ0) is 21.3. The fraction of sp³-hybridized carbons (Fsp3) is 0.222. The molecular formula is C18H14Cl2F2N2O4S. The summed E-state index contributed by atoms with van der Waals surface area (Å²) in [7, 11) is 1.41. The van der Waals surface area contributed by atoms with E-state index in [-0.39, 0.29) is 49.3 Å². The van der Waals surface area contributed by atoms with Crippen LogP contribution in [-0.4, -0.2) is 40.6 Å². The van der Waals surface area contributed by atoms with E-state index < -0.39 is 29.0 Å². The molecule has 0 saturated carbocycles. The molecule has 6 nitrogen and oxygen atoms in total. The average molecular weight is 463 g/mol. The lowest BCUT2D eigenvalue weighted by Crippen LogP contribution is -2.23. The summed E-state index contributed by atoms with van der Waals surface area (Å²) in [6, 6.07) is 2.98. The van der Waals surface area contributed by atoms with Crippen LogP contribution in [0.4, 0.5) is 8.78 Å². The first-order valence-electron chi connectivity index (χ1n) is 8.17. The number of ether oxygens (including phenoxy) is 1. The van der Waals surface area contributed by atoms with E-state index in [9.17, 15) is 23.5 Å². The minimum absolute atomic E-state index is 0.00270. The smallest absolute Gasteiger partial charge is 0.326 e. The molecule has 29 heavy (non-hydrogen) atoms. The number of methoxy groups -OCH3 is 1. The lowest BCUT2D eigenvalue weighted by Gasteiger charge is -2.17. The lowest BCUT2D eigenvalue weighted by atomic mass is 10.0. The fourth-order valence-corrected chi connectivity index (χ4v) is 4.51. The van der Waals surface area contributed by atoms with Crippen molar-refractivity contribution in [2.24, 2.45) is 0 Å². The maximum atomic E-state index is 14.6. The highest BCUT2D eigenvalue weighted by Gasteiger charge is 2.22. The molecule has 0 amide bonds. The molecule has 3 aromatic rings. The Bertz CT molecular complexity index is 1200. The van der Waals surface area contributed by atoms with E-state index in [0.29, 0.717) is 6.07 Å². The molecule has 0 unspecified atom stereocenters. The van der Waals surface area contributed by atoms with Crippen LogP contribution in [0.2, 0.25) is 10.0 Å². The summed E-state index contributed by atoms with van der Waals surface area (Å²) in [5.41, 5.74) is -1.30. The Kier molecular flexibility index (Phi) is 6.65. The van der Waals surface area contributed by atoms with Crippen molar-refractivity contribution >= 4 is 45.9 Å². The molecule has 3 N–H and O–H groups in total. The van der Waals surface area contributed by atoms with E-state index >= 15 is 0 Å². The molecule has 0 aliphatic heterocycles. The number of aliphatic hydroxyl groups is 1. The van der Waals surface area contributed by atoms with Crippen molar-refractivity contribution in [1.29, 1.82) is 0 Å². The normalized spacial score (nSPS) is 12.5. The number of halogens is 4. The van der Waals surface area contributed by atoms with Crippen LogP contribution in [-0.2, 0) is 4.74 Å². The van der Waals surface area contributed by atoms with Gasteiger partial charge in [-0.25, -0.2) is 13.6 Å². The molecule has 0 fully saturated rings. The van der Waals surface area contributed by atoms with E-state index in [1.54, 1.807) is 0 Å². The number of fused-ring (bicyclic) bond motifs is 1. The molecule has 0 aliphatic carbocycles. The van der Waals surface area contributed by atoms with Crippen molar-refractivity contribution < 1.29 is 18.6 Å². The SMILES string of the molecule is CO[C@@H](CO)CSc1c(-c2cc(Cl)c(F)cc2F)c(Cl)cc2c(=O)[nH]c(=O)[nH]c12. The van der Waals surface area contributed by atoms with Crippen LogP contribution in [0.3, 0.4) is 0 Å². The molecule has 11 heteroatoms. The number of benzene rings is 2. The molecule has 1 heterocycles. The monoisotopic (exact) mass is 462 g/mol. The van der Waals surface area contributed by atoms with Gasteiger partial charge < -0.3 is 14.8 Å². The third kappa shape index (κ3) is 4.34. The van der Waals surface area contributed by atoms with Gasteiger partial charge in [-0.1, -0.05) is 23.2 Å². The van der Waals surface area contributed by atoms with Crippen LogP contribution < -0.4 is 11.2 Å². The van der Waals surface area contributed by atoms with Crippen LogP contribution in [0, 0.1) is 11.6 Å². The van der Waals surface area contributed by atoms with Crippen molar-refractivity contribution in [2.45, 2.75) is 11.0 Å². The Morgan fingerprint density at radius 1 is 1.14 bits per heavy atom. The number of hydrogen-bond acceptors (Lipinski definition) is 5. The Labute approximate surface area is 176 Å². The highest BCUT2D eigenvalue weighted by atomic mass is 35.5. The van der Waals surface area contributed by atoms with Crippen LogP contribution in [0.15, 0.2) is 32.7 Å². The molecule has 0 bridgehead atoms. The van der Waals surface area contributed by atoms with E-state index in [4.69, 9.17) is 27.9 Å². The van der Waals surface area contributed by atoms with Crippen molar-refractivity contribution in [3.63, 3.8) is 0 Å². The summed E-state index contributed by atoms with van der Waals surface area (Å²) in [5, 5.41) is 9.11. The number of aliphatic hydroxyl groups excluding tert-OH is 1. The van der Waals surface area contributed by atoms with Gasteiger partial charge in [-0.05, 0) is 12.1 Å². The first kappa shape index (κ1) is 21.8. The van der Waals surface area contributed by atoms with Gasteiger partial charge in [-0.2, -0.15) is 0 Å². The molecule has 0 spiro atoms. The van der Waals surface area contributed by atoms with E-state index in [2.05, 4.69) is 9.97 Å². The van der Waals surface area contributed by atoms with Gasteiger partial charge in [0.05, 0.1) is 33.7 Å². The second-order valence-electron chi connectivity index (χ2n) is 5.99. The number of rotatable bonds is 6. The molecule has 0 saturated heterocycles. The highest BCUT2D eigenvalue weighted by molar-refractivity contribution is 7.99. The predicted octanol–water partition coefficient (Wildman–Crippen LogP) is 3.57. The van der Waals surface area contributed by atoms with Gasteiger partial charge in [0, 0.05) is 35.0 Å². The maximum Gasteiger partial charge on any atom is 0.326 e. The van der Waals surface area contributed by atoms with E-state index in [1.165, 1.54) is 13.2 Å². The number of aromatic nitrogens is 2. The number of nitrogens with one attached hydrogen (secondary N) is 2. The standard InChI is InChI=1S/C18H14Cl2F2N2O4S/c1-28-7(5-25)6-29-16-14(8-2-10(19)13(22)4-12(8)21)11(20)3-9-15(16)23-18(27)24-17(9)26/h2-4,7,25H,5-6H2,1H3,(H2,23,24,26,27)/t7-/m0/s1. The maximum absolute atomic E-state index is 14.6. The lowest BCUT2D eigenvalue weighted by molar-refractivity contribution is 0.0656. The third-order valence-electron chi connectivity index (χ3n) is 4.17. The molecule has 0 aliphatic rings. The van der Waals surface area contributed by atoms with Gasteiger partial charge in [0.1, 0.15) is 11.6 Å². The van der Waals surface area contributed by atoms with Crippen molar-refractivity contribution in [3.05, 3.63) is 60.7 Å². The molecule has 2 aromatic carbocycles. The zero-order valence-electron chi connectivity index (χ0n) is 14.8. The summed E-state index contributed by atoms with van der Waals surface area (Å²) < 4.78 is 33.4. The fourth-order valence-electron chi connectivity index (χ4n) is 2.73. The Balaban J connectivity index is 2.35. The quantitative estimate of drug-likeness (QED) is 0.384. The van der Waals surface area contributed by atoms with Crippen molar-refractivity contribution in [2.75, 3.05) is 19.5 Å². The topological polar surface area (TPSA) is 95.2 Å². The van der Waals surface area contributed by atoms with Gasteiger partial charge in [-0.3, -0.25) is 9.78 Å². The highest BCUT2D eigenvalue weighted by Crippen LogP contribution is 2.43. The second-order valence-corrected chi connectivity index (χ2v) is 7.84. The van der Waals surface area contributed by atoms with Crippen LogP contribution in [0.25, 0.3) is 22.0 Å². The van der Waals surface area contributed by atoms with Crippen molar-refractivity contribution in [1.82, 2.24) is 9.97 Å². The minimum atomic E-state index is -0.941. The molecule has 154 valence electrons. The molecule has 3 rings (SSSR count). The van der Waals surface area contributed by atoms with Crippen LogP contribution in [0.1, 0.15) is 0 Å². The van der Waals surface area contributed by atoms with Crippen molar-refractivity contribution in [3.8, 4) is 11.1 Å². The average Bonchev–Trinajstić information content (AvgIpc) is 2.66. The number of aromatic amines is 2. The summed E-state index contributed by atoms with van der Waals surface area (Å²) in [4.78, 5) is 28.9. The number of H-pyrrole nitrogens is 2. The van der Waals surface area contributed by atoms with Gasteiger partial charge >= 0.3 is 5.69 Å². The zero-order valence-corrected chi connectivity index (χ0v) is 17.1. The number of hydrogen-bond donors (Lipinski definition) is 3. The molecule has 1 aromatic heterocycles. The van der Waals surface area contributed by atoms with E-state index in [0.717, 1.165) is 17.8 Å². The second kappa shape index (κ2) is 8.85. The van der Waals surface area contributed by atoms with Gasteiger partial charge in [0.25, 0.3) is 5.56 Å². The van der Waals surface area contributed by atoms with Gasteiger partial charge in [-0.15, -0.1) is 11.8 Å². The van der Waals surface area contributed by atoms with Gasteiger partial charge in [0.15, 0.2) is 0 Å². The largest absolute Gasteiger partial charge is 0.394 e. The first-order chi connectivity index (χ1) is 13.8.